The third kappa shape index (κ3) is 15.2. The van der Waals surface area contributed by atoms with Crippen molar-refractivity contribution in [1.82, 2.24) is 20.5 Å². The third-order valence-corrected chi connectivity index (χ3v) is 4.13. The second-order valence-electron chi connectivity index (χ2n) is 9.61. The summed E-state index contributed by atoms with van der Waals surface area (Å²) >= 11 is 0. The molecule has 1 aromatic rings. The maximum absolute atomic E-state index is 11.8. The minimum absolute atomic E-state index is 0.385. The number of nitrogens with one attached hydrogen (secondary N) is 3. The summed E-state index contributed by atoms with van der Waals surface area (Å²) in [4.78, 5) is 29.0. The van der Waals surface area contributed by atoms with Gasteiger partial charge in [0.1, 0.15) is 23.6 Å². The number of aromatic amines is 1. The Hall–Kier alpha value is -2.29. The summed E-state index contributed by atoms with van der Waals surface area (Å²) in [5, 5.41) is 5.61. The van der Waals surface area contributed by atoms with Gasteiger partial charge in [0.25, 0.3) is 0 Å². The smallest absolute Gasteiger partial charge is 0.407 e. The van der Waals surface area contributed by atoms with Gasteiger partial charge in [0.05, 0.1) is 6.54 Å². The van der Waals surface area contributed by atoms with Crippen molar-refractivity contribution in [3.05, 3.63) is 18.7 Å². The number of imidazole rings is 1. The molecule has 178 valence electrons. The van der Waals surface area contributed by atoms with E-state index >= 15 is 0 Å². The highest BCUT2D eigenvalue weighted by atomic mass is 16.6. The Bertz CT molecular complexity index is 599. The molecule has 0 atom stereocenters. The van der Waals surface area contributed by atoms with Crippen molar-refractivity contribution in [2.24, 2.45) is 0 Å². The van der Waals surface area contributed by atoms with Crippen LogP contribution in [-0.2, 0) is 16.0 Å². The van der Waals surface area contributed by atoms with Crippen LogP contribution in [0.25, 0.3) is 0 Å². The van der Waals surface area contributed by atoms with Gasteiger partial charge in [-0.15, -0.1) is 0 Å². The van der Waals surface area contributed by atoms with Gasteiger partial charge in [-0.25, -0.2) is 14.2 Å². The van der Waals surface area contributed by atoms with Crippen LogP contribution < -0.4 is 15.2 Å². The highest BCUT2D eigenvalue weighted by Crippen LogP contribution is 2.07. The summed E-state index contributed by atoms with van der Waals surface area (Å²) in [6.45, 7) is 15.8. The van der Waals surface area contributed by atoms with E-state index < -0.39 is 11.2 Å². The molecule has 0 unspecified atom stereocenters. The van der Waals surface area contributed by atoms with E-state index in [2.05, 4.69) is 25.1 Å². The number of alkyl carbamates (subject to hydrolysis) is 2. The topological polar surface area (TPSA) is 99.6 Å². The molecule has 0 bridgehead atoms. The van der Waals surface area contributed by atoms with Crippen LogP contribution in [0.5, 0.6) is 0 Å². The fourth-order valence-corrected chi connectivity index (χ4v) is 2.89. The Morgan fingerprint density at radius 1 is 0.871 bits per heavy atom. The van der Waals surface area contributed by atoms with Gasteiger partial charge in [-0.2, -0.15) is 0 Å². The van der Waals surface area contributed by atoms with Gasteiger partial charge in [-0.1, -0.05) is 0 Å². The van der Waals surface area contributed by atoms with E-state index in [1.165, 1.54) is 0 Å². The number of carbonyl (C=O) groups is 2. The van der Waals surface area contributed by atoms with Crippen LogP contribution >= 0.6 is 0 Å². The minimum atomic E-state index is -0.493. The summed E-state index contributed by atoms with van der Waals surface area (Å²) in [6, 6.07) is 0. The minimum Gasteiger partial charge on any atom is -0.444 e. The largest absolute Gasteiger partial charge is 0.444 e. The first-order valence-electron chi connectivity index (χ1n) is 11.1. The molecule has 0 aliphatic rings. The van der Waals surface area contributed by atoms with Crippen LogP contribution in [0.2, 0.25) is 0 Å². The average molecular weight is 441 g/mol. The predicted octanol–water partition coefficient (Wildman–Crippen LogP) is 2.82. The van der Waals surface area contributed by atoms with Crippen LogP contribution in [0.3, 0.4) is 0 Å². The number of hydrogen-bond acceptors (Lipinski definition) is 5. The summed E-state index contributed by atoms with van der Waals surface area (Å²) < 4.78 is 12.6. The maximum atomic E-state index is 11.8. The van der Waals surface area contributed by atoms with Gasteiger partial charge in [-0.3, -0.25) is 4.98 Å². The molecule has 1 rings (SSSR count). The van der Waals surface area contributed by atoms with Gasteiger partial charge in [-0.05, 0) is 73.9 Å². The molecule has 3 N–H and O–H groups in total. The van der Waals surface area contributed by atoms with Crippen LogP contribution in [0.15, 0.2) is 18.7 Å². The Morgan fingerprint density at radius 3 is 1.77 bits per heavy atom. The second-order valence-corrected chi connectivity index (χ2v) is 9.61. The molecule has 1 heterocycles. The van der Waals surface area contributed by atoms with Crippen molar-refractivity contribution < 1.29 is 23.6 Å². The van der Waals surface area contributed by atoms with Crippen molar-refractivity contribution >= 4 is 12.2 Å². The number of H-pyrrole nitrogens is 1. The molecule has 0 saturated heterocycles. The molecule has 31 heavy (non-hydrogen) atoms. The molecule has 0 saturated carbocycles. The molecule has 9 heteroatoms. The quantitative estimate of drug-likeness (QED) is 0.343. The Labute approximate surface area is 186 Å². The number of rotatable bonds is 12. The molecule has 9 nitrogen and oxygen atoms in total. The predicted molar refractivity (Wildman–Crippen MR) is 120 cm³/mol. The molecule has 0 aliphatic carbocycles. The first kappa shape index (κ1) is 26.7. The van der Waals surface area contributed by atoms with Crippen molar-refractivity contribution in [3.63, 3.8) is 0 Å². The van der Waals surface area contributed by atoms with E-state index in [9.17, 15) is 9.59 Å². The molecule has 0 spiro atoms. The number of amides is 2. The standard InChI is InChI=1S/C22H41N5O4/c1-21(2,3)30-19(28)24-10-7-13-26(15-9-16-27-17-12-23-18-27)14-8-11-25-20(29)31-22(4,5)6/h12,17-18H,7-11,13-16H2,1-6H3,(H2,24,25,28,29)/p+1. The maximum Gasteiger partial charge on any atom is 0.407 e. The Morgan fingerprint density at radius 2 is 1.35 bits per heavy atom. The van der Waals surface area contributed by atoms with E-state index in [-0.39, 0.29) is 12.2 Å². The third-order valence-electron chi connectivity index (χ3n) is 4.13. The van der Waals surface area contributed by atoms with E-state index in [4.69, 9.17) is 9.47 Å². The summed E-state index contributed by atoms with van der Waals surface area (Å²) in [5.74, 6) is 0. The number of hydrogen-bond donors (Lipinski definition) is 3. The monoisotopic (exact) mass is 440 g/mol. The Balaban J connectivity index is 2.34. The van der Waals surface area contributed by atoms with E-state index in [0.717, 1.165) is 45.4 Å². The van der Waals surface area contributed by atoms with Crippen LogP contribution in [-0.4, -0.2) is 66.0 Å². The number of ether oxygens (including phenoxy) is 2. The SMILES string of the molecule is CC(C)(C)OC(=O)NCCCN(CCCNC(=O)OC(C)(C)C)CCC[n+]1cc[nH]c1. The summed E-state index contributed by atoms with van der Waals surface area (Å²) in [5.41, 5.74) is -0.986. The average Bonchev–Trinajstić information content (AvgIpc) is 3.12. The van der Waals surface area contributed by atoms with Gasteiger partial charge in [0.2, 0.25) is 6.33 Å². The molecule has 0 aromatic carbocycles. The highest BCUT2D eigenvalue weighted by molar-refractivity contribution is 5.67. The summed E-state index contributed by atoms with van der Waals surface area (Å²) in [7, 11) is 0. The van der Waals surface area contributed by atoms with Crippen molar-refractivity contribution in [2.75, 3.05) is 32.7 Å². The molecule has 0 fully saturated rings. The van der Waals surface area contributed by atoms with Gasteiger partial charge >= 0.3 is 12.2 Å². The zero-order valence-electron chi connectivity index (χ0n) is 20.1. The first-order chi connectivity index (χ1) is 14.4. The van der Waals surface area contributed by atoms with E-state index in [0.29, 0.717) is 13.1 Å². The number of aromatic nitrogens is 2. The van der Waals surface area contributed by atoms with Gasteiger partial charge in [0.15, 0.2) is 0 Å². The number of aryl methyl sites for hydroxylation is 1. The molecule has 1 aromatic heterocycles. The second kappa shape index (κ2) is 13.2. The molecule has 2 amide bonds. The van der Waals surface area contributed by atoms with E-state index in [1.807, 2.05) is 60.3 Å². The normalized spacial score (nSPS) is 12.0. The fraction of sp³-hybridized carbons (Fsp3) is 0.773. The summed E-state index contributed by atoms with van der Waals surface area (Å²) in [6.07, 6.45) is 7.77. The lowest BCUT2D eigenvalue weighted by atomic mass is 10.2. The lowest BCUT2D eigenvalue weighted by Gasteiger charge is -2.23. The molecule has 0 radical (unpaired) electrons. The Kier molecular flexibility index (Phi) is 11.4. The zero-order valence-corrected chi connectivity index (χ0v) is 20.1. The van der Waals surface area contributed by atoms with Gasteiger partial charge < -0.3 is 25.0 Å². The van der Waals surface area contributed by atoms with Crippen LogP contribution in [0.1, 0.15) is 60.8 Å². The van der Waals surface area contributed by atoms with Crippen LogP contribution in [0, 0.1) is 0 Å². The first-order valence-corrected chi connectivity index (χ1v) is 11.1. The van der Waals surface area contributed by atoms with Crippen molar-refractivity contribution in [1.29, 1.82) is 0 Å². The lowest BCUT2D eigenvalue weighted by molar-refractivity contribution is -0.696. The van der Waals surface area contributed by atoms with Gasteiger partial charge in [0, 0.05) is 19.6 Å². The van der Waals surface area contributed by atoms with Crippen molar-refractivity contribution in [2.45, 2.75) is 78.6 Å². The highest BCUT2D eigenvalue weighted by Gasteiger charge is 2.16. The van der Waals surface area contributed by atoms with E-state index in [1.54, 1.807) is 0 Å². The molecule has 0 aliphatic heterocycles. The van der Waals surface area contributed by atoms with Crippen LogP contribution in [0.4, 0.5) is 9.59 Å². The molecular weight excluding hydrogens is 398 g/mol. The molecular formula is C22H42N5O4+. The fourth-order valence-electron chi connectivity index (χ4n) is 2.89. The number of nitrogens with zero attached hydrogens (tertiary/aromatic N) is 2. The number of carbonyl (C=O) groups excluding carboxylic acids is 2. The van der Waals surface area contributed by atoms with Crippen molar-refractivity contribution in [3.8, 4) is 0 Å². The lowest BCUT2D eigenvalue weighted by Crippen LogP contribution is -2.37. The zero-order chi connectivity index (χ0) is 23.3.